The summed E-state index contributed by atoms with van der Waals surface area (Å²) in [5, 5.41) is 3.62. The highest BCUT2D eigenvalue weighted by atomic mass is 32.2. The smallest absolute Gasteiger partial charge is 0.211 e. The van der Waals surface area contributed by atoms with E-state index in [1.165, 1.54) is 16.9 Å². The first-order valence-corrected chi connectivity index (χ1v) is 10.4. The molecule has 0 saturated heterocycles. The first kappa shape index (κ1) is 21.2. The zero-order chi connectivity index (χ0) is 20.6. The monoisotopic (exact) mass is 412 g/mol. The Balaban J connectivity index is 0.000000166. The molecule has 4 rings (SSSR count). The molecule has 1 aliphatic carbocycles. The summed E-state index contributed by atoms with van der Waals surface area (Å²) in [5.41, 5.74) is 7.46. The van der Waals surface area contributed by atoms with E-state index in [0.717, 1.165) is 24.6 Å². The van der Waals surface area contributed by atoms with Gasteiger partial charge >= 0.3 is 0 Å². The second-order valence-corrected chi connectivity index (χ2v) is 7.96. The molecule has 5 nitrogen and oxygen atoms in total. The second-order valence-electron chi connectivity index (χ2n) is 6.99. The fourth-order valence-corrected chi connectivity index (χ4v) is 3.71. The van der Waals surface area contributed by atoms with Gasteiger partial charge in [0.1, 0.15) is 5.82 Å². The fraction of sp³-hybridized carbons (Fsp3) is 0.273. The lowest BCUT2D eigenvalue weighted by molar-refractivity contribution is -0.105. The van der Waals surface area contributed by atoms with Crippen LogP contribution in [0.3, 0.4) is 0 Å². The number of nitrogens with one attached hydrogen (secondary N) is 2. The van der Waals surface area contributed by atoms with Crippen molar-refractivity contribution in [2.75, 3.05) is 18.4 Å². The van der Waals surface area contributed by atoms with Crippen LogP contribution in [-0.4, -0.2) is 24.5 Å². The van der Waals surface area contributed by atoms with Crippen molar-refractivity contribution in [1.82, 2.24) is 9.71 Å². The SMILES string of the molecule is CC1CC1c1ccc(SNCCN)cc1.O=CNc1ccc2cncc(F)c2c1. The number of aromatic nitrogens is 1. The van der Waals surface area contributed by atoms with E-state index < -0.39 is 5.82 Å². The number of hydrogen-bond donors (Lipinski definition) is 3. The molecule has 2 atom stereocenters. The second kappa shape index (κ2) is 10.3. The minimum Gasteiger partial charge on any atom is -0.329 e. The van der Waals surface area contributed by atoms with Gasteiger partial charge in [-0.3, -0.25) is 14.5 Å². The summed E-state index contributed by atoms with van der Waals surface area (Å²) in [6, 6.07) is 13.8. The molecular weight excluding hydrogens is 387 g/mol. The van der Waals surface area contributed by atoms with Gasteiger partial charge in [-0.05, 0) is 60.0 Å². The summed E-state index contributed by atoms with van der Waals surface area (Å²) in [5.74, 6) is 1.32. The van der Waals surface area contributed by atoms with Crippen molar-refractivity contribution in [1.29, 1.82) is 0 Å². The van der Waals surface area contributed by atoms with Gasteiger partial charge in [0, 0.05) is 40.6 Å². The molecule has 3 aromatic rings. The van der Waals surface area contributed by atoms with Crippen LogP contribution >= 0.6 is 11.9 Å². The topological polar surface area (TPSA) is 80.0 Å². The number of hydrogen-bond acceptors (Lipinski definition) is 5. The lowest BCUT2D eigenvalue weighted by Gasteiger charge is -2.03. The molecular formula is C22H25FN4OS. The van der Waals surface area contributed by atoms with E-state index in [1.807, 2.05) is 0 Å². The van der Waals surface area contributed by atoms with Gasteiger partial charge in [0.15, 0.2) is 0 Å². The molecule has 2 aromatic carbocycles. The van der Waals surface area contributed by atoms with E-state index >= 15 is 0 Å². The summed E-state index contributed by atoms with van der Waals surface area (Å²) in [4.78, 5) is 15.2. The summed E-state index contributed by atoms with van der Waals surface area (Å²) >= 11 is 1.66. The Morgan fingerprint density at radius 1 is 1.24 bits per heavy atom. The standard InChI is InChI=1S/C12H18N2S.C10H7FN2O/c1-9-8-12(9)10-2-4-11(5-3-10)15-14-7-6-13;11-10-5-12-4-7-1-2-8(13-6-14)3-9(7)10/h2-5,9,12,14H,6-8,13H2,1H3;1-6H,(H,13,14). The lowest BCUT2D eigenvalue weighted by atomic mass is 10.1. The van der Waals surface area contributed by atoms with Crippen LogP contribution in [0.15, 0.2) is 59.8 Å². The van der Waals surface area contributed by atoms with Crippen molar-refractivity contribution in [2.24, 2.45) is 11.7 Å². The van der Waals surface area contributed by atoms with Crippen LogP contribution in [-0.2, 0) is 4.79 Å². The van der Waals surface area contributed by atoms with Crippen LogP contribution < -0.4 is 15.8 Å². The van der Waals surface area contributed by atoms with Crippen LogP contribution in [0, 0.1) is 11.7 Å². The van der Waals surface area contributed by atoms with Gasteiger partial charge in [0.05, 0.1) is 6.20 Å². The third-order valence-corrected chi connectivity index (χ3v) is 5.65. The van der Waals surface area contributed by atoms with E-state index in [4.69, 9.17) is 5.73 Å². The Labute approximate surface area is 174 Å². The minimum atomic E-state index is -0.392. The average molecular weight is 413 g/mol. The average Bonchev–Trinajstić information content (AvgIpc) is 3.47. The van der Waals surface area contributed by atoms with Gasteiger partial charge in [0.25, 0.3) is 0 Å². The molecule has 1 aliphatic rings. The molecule has 1 amide bonds. The third kappa shape index (κ3) is 6.00. The Morgan fingerprint density at radius 3 is 2.66 bits per heavy atom. The Bertz CT molecular complexity index is 951. The maximum atomic E-state index is 13.2. The number of carbonyl (C=O) groups is 1. The van der Waals surface area contributed by atoms with Gasteiger partial charge in [0.2, 0.25) is 6.41 Å². The molecule has 0 radical (unpaired) electrons. The van der Waals surface area contributed by atoms with Crippen LogP contribution in [0.5, 0.6) is 0 Å². The molecule has 1 saturated carbocycles. The quantitative estimate of drug-likeness (QED) is 0.306. The predicted molar refractivity (Wildman–Crippen MR) is 117 cm³/mol. The number of amides is 1. The van der Waals surface area contributed by atoms with Crippen LogP contribution in [0.1, 0.15) is 24.8 Å². The van der Waals surface area contributed by atoms with Gasteiger partial charge in [-0.1, -0.05) is 25.1 Å². The predicted octanol–water partition coefficient (Wildman–Crippen LogP) is 4.31. The number of fused-ring (bicyclic) bond motifs is 1. The normalized spacial score (nSPS) is 17.3. The van der Waals surface area contributed by atoms with E-state index in [2.05, 4.69) is 46.2 Å². The fourth-order valence-electron chi connectivity index (χ4n) is 3.05. The number of anilines is 1. The van der Waals surface area contributed by atoms with Crippen LogP contribution in [0.2, 0.25) is 0 Å². The molecule has 0 bridgehead atoms. The number of nitrogens with two attached hydrogens (primary N) is 1. The number of carbonyl (C=O) groups excluding carboxylic acids is 1. The molecule has 0 aliphatic heterocycles. The maximum Gasteiger partial charge on any atom is 0.211 e. The molecule has 2 unspecified atom stereocenters. The van der Waals surface area contributed by atoms with Crippen molar-refractivity contribution < 1.29 is 9.18 Å². The molecule has 29 heavy (non-hydrogen) atoms. The highest BCUT2D eigenvalue weighted by molar-refractivity contribution is 7.97. The zero-order valence-electron chi connectivity index (χ0n) is 16.3. The summed E-state index contributed by atoms with van der Waals surface area (Å²) in [6.45, 7) is 3.85. The van der Waals surface area contributed by atoms with Crippen molar-refractivity contribution in [3.8, 4) is 0 Å². The van der Waals surface area contributed by atoms with Gasteiger partial charge in [-0.2, -0.15) is 0 Å². The van der Waals surface area contributed by atoms with Crippen molar-refractivity contribution in [3.63, 3.8) is 0 Å². The molecule has 7 heteroatoms. The van der Waals surface area contributed by atoms with E-state index in [0.29, 0.717) is 29.4 Å². The van der Waals surface area contributed by atoms with Gasteiger partial charge in [-0.15, -0.1) is 0 Å². The van der Waals surface area contributed by atoms with Crippen molar-refractivity contribution in [2.45, 2.75) is 24.2 Å². The highest BCUT2D eigenvalue weighted by Gasteiger charge is 2.33. The highest BCUT2D eigenvalue weighted by Crippen LogP contribution is 2.46. The summed E-state index contributed by atoms with van der Waals surface area (Å²) in [6.07, 6.45) is 4.63. The summed E-state index contributed by atoms with van der Waals surface area (Å²) in [7, 11) is 0. The lowest BCUT2D eigenvalue weighted by Crippen LogP contribution is -2.15. The van der Waals surface area contributed by atoms with Crippen LogP contribution in [0.4, 0.5) is 10.1 Å². The first-order valence-electron chi connectivity index (χ1n) is 9.55. The molecule has 1 heterocycles. The van der Waals surface area contributed by atoms with Crippen LogP contribution in [0.25, 0.3) is 10.8 Å². The Morgan fingerprint density at radius 2 is 2.00 bits per heavy atom. The zero-order valence-corrected chi connectivity index (χ0v) is 17.1. The number of halogens is 1. The molecule has 4 N–H and O–H groups in total. The van der Waals surface area contributed by atoms with E-state index in [-0.39, 0.29) is 0 Å². The van der Waals surface area contributed by atoms with Crippen molar-refractivity contribution >= 4 is 34.8 Å². The molecule has 0 spiro atoms. The molecule has 1 fully saturated rings. The Kier molecular flexibility index (Phi) is 7.57. The maximum absolute atomic E-state index is 13.2. The third-order valence-electron chi connectivity index (χ3n) is 4.79. The van der Waals surface area contributed by atoms with Gasteiger partial charge in [-0.25, -0.2) is 4.39 Å². The largest absolute Gasteiger partial charge is 0.329 e. The number of pyridine rings is 1. The number of benzene rings is 2. The minimum absolute atomic E-state index is 0.392. The summed E-state index contributed by atoms with van der Waals surface area (Å²) < 4.78 is 16.4. The van der Waals surface area contributed by atoms with E-state index in [1.54, 1.807) is 36.3 Å². The molecule has 1 aromatic heterocycles. The number of rotatable bonds is 7. The van der Waals surface area contributed by atoms with E-state index in [9.17, 15) is 9.18 Å². The Hall–Kier alpha value is -2.48. The van der Waals surface area contributed by atoms with Gasteiger partial charge < -0.3 is 11.1 Å². The number of nitrogens with zero attached hydrogens (tertiary/aromatic N) is 1. The van der Waals surface area contributed by atoms with Crippen molar-refractivity contribution in [3.05, 3.63) is 66.2 Å². The molecule has 152 valence electrons. The first-order chi connectivity index (χ1) is 14.1.